The van der Waals surface area contributed by atoms with Crippen molar-refractivity contribution < 1.29 is 17.9 Å². The number of hydrogen-bond acceptors (Lipinski definition) is 5. The summed E-state index contributed by atoms with van der Waals surface area (Å²) in [6.07, 6.45) is 0. The van der Waals surface area contributed by atoms with Gasteiger partial charge in [-0.25, -0.2) is 17.7 Å². The van der Waals surface area contributed by atoms with E-state index in [1.165, 1.54) is 4.31 Å². The van der Waals surface area contributed by atoms with Gasteiger partial charge in [0.1, 0.15) is 12.4 Å². The van der Waals surface area contributed by atoms with Crippen molar-refractivity contribution in [1.82, 2.24) is 9.55 Å². The molecule has 0 saturated heterocycles. The third kappa shape index (κ3) is 2.81. The van der Waals surface area contributed by atoms with Crippen LogP contribution in [0.15, 0.2) is 53.4 Å². The molecule has 0 saturated carbocycles. The highest BCUT2D eigenvalue weighted by molar-refractivity contribution is 7.92. The zero-order valence-corrected chi connectivity index (χ0v) is 15.1. The summed E-state index contributed by atoms with van der Waals surface area (Å²) in [5.41, 5.74) is 1.74. The molecule has 2 heterocycles. The average molecular weight is 373 g/mol. The molecule has 136 valence electrons. The van der Waals surface area contributed by atoms with Gasteiger partial charge in [0, 0.05) is 13.7 Å². The molecule has 7 nitrogen and oxygen atoms in total. The van der Waals surface area contributed by atoms with Gasteiger partial charge in [0.25, 0.3) is 10.0 Å². The molecular formula is C18H19N3O4S. The Bertz CT molecular complexity index is 1030. The van der Waals surface area contributed by atoms with Crippen LogP contribution in [0.25, 0.3) is 11.0 Å². The summed E-state index contributed by atoms with van der Waals surface area (Å²) in [6.45, 7) is 1.86. The van der Waals surface area contributed by atoms with E-state index in [-0.39, 0.29) is 4.90 Å². The molecule has 2 aromatic carbocycles. The summed E-state index contributed by atoms with van der Waals surface area (Å²) in [5.74, 6) is 1.07. The quantitative estimate of drug-likeness (QED) is 0.620. The van der Waals surface area contributed by atoms with Crippen LogP contribution in [0.1, 0.15) is 0 Å². The molecule has 0 atom stereocenters. The number of aromatic nitrogens is 2. The van der Waals surface area contributed by atoms with Crippen molar-refractivity contribution in [2.75, 3.05) is 31.2 Å². The number of sulfonamides is 1. The Kier molecular flexibility index (Phi) is 4.29. The van der Waals surface area contributed by atoms with Crippen LogP contribution in [0.3, 0.4) is 0 Å². The number of hydrogen-bond donors (Lipinski definition) is 0. The summed E-state index contributed by atoms with van der Waals surface area (Å²) in [6, 6.07) is 14.1. The topological polar surface area (TPSA) is 73.7 Å². The highest BCUT2D eigenvalue weighted by Crippen LogP contribution is 2.31. The van der Waals surface area contributed by atoms with Crippen molar-refractivity contribution >= 4 is 27.0 Å². The molecule has 0 spiro atoms. The molecule has 0 aliphatic carbocycles. The molecule has 0 radical (unpaired) electrons. The first-order valence-electron chi connectivity index (χ1n) is 8.31. The van der Waals surface area contributed by atoms with Crippen molar-refractivity contribution in [2.45, 2.75) is 11.4 Å². The van der Waals surface area contributed by atoms with Gasteiger partial charge >= 0.3 is 0 Å². The maximum absolute atomic E-state index is 13.1. The number of methoxy groups -OCH3 is 1. The van der Waals surface area contributed by atoms with Gasteiger partial charge in [-0.15, -0.1) is 0 Å². The first kappa shape index (κ1) is 16.9. The Morgan fingerprint density at radius 2 is 1.81 bits per heavy atom. The van der Waals surface area contributed by atoms with E-state index in [0.29, 0.717) is 38.0 Å². The highest BCUT2D eigenvalue weighted by atomic mass is 32.2. The van der Waals surface area contributed by atoms with Crippen LogP contribution in [0.5, 0.6) is 5.75 Å². The number of ether oxygens (including phenoxy) is 2. The number of fused-ring (bicyclic) bond motifs is 3. The summed E-state index contributed by atoms with van der Waals surface area (Å²) in [7, 11) is -2.07. The highest BCUT2D eigenvalue weighted by Gasteiger charge is 2.33. The predicted octanol–water partition coefficient (Wildman–Crippen LogP) is 2.27. The van der Waals surface area contributed by atoms with Gasteiger partial charge in [0.15, 0.2) is 0 Å². The lowest BCUT2D eigenvalue weighted by Crippen LogP contribution is -2.29. The number of para-hydroxylation sites is 2. The molecule has 1 aromatic heterocycles. The molecule has 4 rings (SSSR count). The van der Waals surface area contributed by atoms with E-state index in [1.807, 2.05) is 28.8 Å². The molecular weight excluding hydrogens is 354 g/mol. The minimum Gasteiger partial charge on any atom is -0.491 e. The standard InChI is InChI=1S/C18H19N3O4S/c1-24-12-13-25-14-6-8-15(9-7-14)26(22,23)21-11-10-20-17-5-3-2-4-16(17)19-18(20)21/h2-9H,10-13H2,1H3. The summed E-state index contributed by atoms with van der Waals surface area (Å²) >= 11 is 0. The van der Waals surface area contributed by atoms with Crippen LogP contribution in [-0.2, 0) is 21.3 Å². The summed E-state index contributed by atoms with van der Waals surface area (Å²) in [5, 5.41) is 0. The fourth-order valence-corrected chi connectivity index (χ4v) is 4.48. The monoisotopic (exact) mass is 373 g/mol. The molecule has 1 aliphatic heterocycles. The molecule has 0 bridgehead atoms. The van der Waals surface area contributed by atoms with Gasteiger partial charge in [-0.1, -0.05) is 12.1 Å². The third-order valence-corrected chi connectivity index (χ3v) is 6.15. The van der Waals surface area contributed by atoms with E-state index in [9.17, 15) is 8.42 Å². The first-order chi connectivity index (χ1) is 12.6. The lowest BCUT2D eigenvalue weighted by molar-refractivity contribution is 0.146. The van der Waals surface area contributed by atoms with Gasteiger partial charge in [-0.3, -0.25) is 0 Å². The molecule has 1 aliphatic rings. The Balaban J connectivity index is 1.62. The van der Waals surface area contributed by atoms with Crippen molar-refractivity contribution in [1.29, 1.82) is 0 Å². The van der Waals surface area contributed by atoms with Crippen LogP contribution in [0.4, 0.5) is 5.95 Å². The lowest BCUT2D eigenvalue weighted by Gasteiger charge is -2.16. The lowest BCUT2D eigenvalue weighted by atomic mass is 10.3. The van der Waals surface area contributed by atoms with Gasteiger partial charge in [-0.05, 0) is 36.4 Å². The minimum absolute atomic E-state index is 0.220. The largest absolute Gasteiger partial charge is 0.491 e. The molecule has 0 unspecified atom stereocenters. The summed E-state index contributed by atoms with van der Waals surface area (Å²) < 4.78 is 39.8. The van der Waals surface area contributed by atoms with Crippen molar-refractivity contribution in [2.24, 2.45) is 0 Å². The predicted molar refractivity (Wildman–Crippen MR) is 98.1 cm³/mol. The zero-order valence-electron chi connectivity index (χ0n) is 14.3. The van der Waals surface area contributed by atoms with E-state index in [2.05, 4.69) is 4.98 Å². The number of nitrogens with zero attached hydrogens (tertiary/aromatic N) is 3. The number of anilines is 1. The average Bonchev–Trinajstić information content (AvgIpc) is 3.21. The Morgan fingerprint density at radius 3 is 2.58 bits per heavy atom. The molecule has 0 fully saturated rings. The van der Waals surface area contributed by atoms with E-state index >= 15 is 0 Å². The smallest absolute Gasteiger partial charge is 0.266 e. The normalized spacial score (nSPS) is 14.0. The molecule has 26 heavy (non-hydrogen) atoms. The van der Waals surface area contributed by atoms with Gasteiger partial charge in [0.2, 0.25) is 5.95 Å². The van der Waals surface area contributed by atoms with Crippen LogP contribution in [0.2, 0.25) is 0 Å². The molecule has 3 aromatic rings. The molecule has 8 heteroatoms. The van der Waals surface area contributed by atoms with Crippen LogP contribution < -0.4 is 9.04 Å². The Hall–Kier alpha value is -2.58. The Morgan fingerprint density at radius 1 is 1.04 bits per heavy atom. The van der Waals surface area contributed by atoms with Crippen LogP contribution >= 0.6 is 0 Å². The van der Waals surface area contributed by atoms with Crippen LogP contribution in [-0.4, -0.2) is 44.8 Å². The second-order valence-corrected chi connectivity index (χ2v) is 7.80. The number of imidazole rings is 1. The second-order valence-electron chi connectivity index (χ2n) is 5.94. The molecule has 0 amide bonds. The fourth-order valence-electron chi connectivity index (χ4n) is 3.07. The Labute approximate surface area is 151 Å². The van der Waals surface area contributed by atoms with E-state index in [1.54, 1.807) is 31.4 Å². The SMILES string of the molecule is COCCOc1ccc(S(=O)(=O)N2CCn3c2nc2ccccc23)cc1. The minimum atomic E-state index is -3.67. The van der Waals surface area contributed by atoms with Gasteiger partial charge in [-0.2, -0.15) is 0 Å². The molecule has 0 N–H and O–H groups in total. The van der Waals surface area contributed by atoms with E-state index < -0.39 is 10.0 Å². The fraction of sp³-hybridized carbons (Fsp3) is 0.278. The van der Waals surface area contributed by atoms with Gasteiger partial charge in [0.05, 0.1) is 29.1 Å². The van der Waals surface area contributed by atoms with Crippen molar-refractivity contribution in [3.63, 3.8) is 0 Å². The zero-order chi connectivity index (χ0) is 18.1. The maximum Gasteiger partial charge on any atom is 0.266 e. The van der Waals surface area contributed by atoms with Crippen molar-refractivity contribution in [3.05, 3.63) is 48.5 Å². The third-order valence-electron chi connectivity index (χ3n) is 4.35. The first-order valence-corrected chi connectivity index (χ1v) is 9.75. The van der Waals surface area contributed by atoms with Crippen molar-refractivity contribution in [3.8, 4) is 5.75 Å². The number of benzene rings is 2. The maximum atomic E-state index is 13.1. The number of rotatable bonds is 6. The van der Waals surface area contributed by atoms with E-state index in [0.717, 1.165) is 11.0 Å². The summed E-state index contributed by atoms with van der Waals surface area (Å²) in [4.78, 5) is 4.72. The van der Waals surface area contributed by atoms with E-state index in [4.69, 9.17) is 9.47 Å². The van der Waals surface area contributed by atoms with Crippen LogP contribution in [0, 0.1) is 0 Å². The second kappa shape index (κ2) is 6.62. The van der Waals surface area contributed by atoms with Gasteiger partial charge < -0.3 is 14.0 Å².